The van der Waals surface area contributed by atoms with Crippen LogP contribution in [-0.4, -0.2) is 29.6 Å². The summed E-state index contributed by atoms with van der Waals surface area (Å²) in [6.45, 7) is 1.70. The Morgan fingerprint density at radius 1 is 1.42 bits per heavy atom. The Labute approximate surface area is 114 Å². The van der Waals surface area contributed by atoms with Gasteiger partial charge in [-0.1, -0.05) is 11.6 Å². The molecule has 0 heterocycles. The molecule has 1 aromatic rings. The minimum atomic E-state index is -4.46. The van der Waals surface area contributed by atoms with Gasteiger partial charge in [0.1, 0.15) is 6.54 Å². The molecule has 0 aliphatic heterocycles. The number of hydrogen-bond acceptors (Lipinski definition) is 2. The molecule has 0 fully saturated rings. The molecule has 0 saturated heterocycles. The number of anilines is 1. The van der Waals surface area contributed by atoms with Crippen molar-refractivity contribution in [1.82, 2.24) is 4.90 Å². The van der Waals surface area contributed by atoms with E-state index in [1.807, 2.05) is 0 Å². The van der Waals surface area contributed by atoms with Crippen LogP contribution in [0.5, 0.6) is 0 Å². The van der Waals surface area contributed by atoms with Crippen LogP contribution in [0.25, 0.3) is 0 Å². The molecule has 0 bridgehead atoms. The first kappa shape index (κ1) is 15.6. The maximum absolute atomic E-state index is 12.5. The van der Waals surface area contributed by atoms with Gasteiger partial charge in [0.15, 0.2) is 0 Å². The molecule has 2 N–H and O–H groups in total. The summed E-state index contributed by atoms with van der Waals surface area (Å²) < 4.78 is 37.4. The second kappa shape index (κ2) is 5.69. The van der Waals surface area contributed by atoms with Crippen molar-refractivity contribution in [2.45, 2.75) is 26.1 Å². The van der Waals surface area contributed by atoms with Crippen molar-refractivity contribution >= 4 is 23.2 Å². The highest BCUT2D eigenvalue weighted by atomic mass is 35.5. The molecular formula is C12H14ClF3N2O. The molecule has 1 amide bonds. The van der Waals surface area contributed by atoms with E-state index in [2.05, 4.69) is 0 Å². The number of benzene rings is 1. The topological polar surface area (TPSA) is 46.3 Å². The van der Waals surface area contributed by atoms with Crippen molar-refractivity contribution in [3.05, 3.63) is 28.8 Å². The van der Waals surface area contributed by atoms with Crippen LogP contribution >= 0.6 is 11.6 Å². The van der Waals surface area contributed by atoms with Gasteiger partial charge in [0.05, 0.1) is 10.6 Å². The van der Waals surface area contributed by atoms with Gasteiger partial charge in [0.25, 0.3) is 5.91 Å². The molecule has 0 saturated carbocycles. The Morgan fingerprint density at radius 2 is 2.00 bits per heavy atom. The molecule has 0 aliphatic carbocycles. The molecule has 0 radical (unpaired) electrons. The minimum absolute atomic E-state index is 0.00816. The standard InChI is InChI=1S/C12H14ClF3N2O/c1-7(2)18(6-12(14,15)16)11(19)9-4-3-8(17)5-10(9)13/h3-5,7H,6,17H2,1-2H3. The number of rotatable bonds is 3. The summed E-state index contributed by atoms with van der Waals surface area (Å²) in [6, 6.07) is 3.49. The predicted molar refractivity (Wildman–Crippen MR) is 68.1 cm³/mol. The van der Waals surface area contributed by atoms with E-state index >= 15 is 0 Å². The van der Waals surface area contributed by atoms with Crippen LogP contribution in [0.2, 0.25) is 5.02 Å². The van der Waals surface area contributed by atoms with Crippen LogP contribution in [0.3, 0.4) is 0 Å². The lowest BCUT2D eigenvalue weighted by molar-refractivity contribution is -0.143. The highest BCUT2D eigenvalue weighted by molar-refractivity contribution is 6.34. The van der Waals surface area contributed by atoms with Crippen molar-refractivity contribution in [2.24, 2.45) is 0 Å². The number of carbonyl (C=O) groups is 1. The van der Waals surface area contributed by atoms with E-state index in [9.17, 15) is 18.0 Å². The number of carbonyl (C=O) groups excluding carboxylic acids is 1. The third-order valence-corrected chi connectivity index (χ3v) is 2.77. The lowest BCUT2D eigenvalue weighted by Gasteiger charge is -2.28. The first-order valence-electron chi connectivity index (χ1n) is 5.54. The SMILES string of the molecule is CC(C)N(CC(F)(F)F)C(=O)c1ccc(N)cc1Cl. The summed E-state index contributed by atoms with van der Waals surface area (Å²) in [5.74, 6) is -0.766. The van der Waals surface area contributed by atoms with Crippen LogP contribution in [0.15, 0.2) is 18.2 Å². The zero-order valence-corrected chi connectivity index (χ0v) is 11.2. The normalized spacial score (nSPS) is 11.7. The van der Waals surface area contributed by atoms with Crippen molar-refractivity contribution in [1.29, 1.82) is 0 Å². The third-order valence-electron chi connectivity index (χ3n) is 2.46. The van der Waals surface area contributed by atoms with E-state index in [0.29, 0.717) is 5.69 Å². The van der Waals surface area contributed by atoms with E-state index < -0.39 is 24.7 Å². The number of nitrogens with two attached hydrogens (primary N) is 1. The van der Waals surface area contributed by atoms with E-state index in [-0.39, 0.29) is 10.6 Å². The molecule has 0 aromatic heterocycles. The van der Waals surface area contributed by atoms with Crippen LogP contribution in [0.1, 0.15) is 24.2 Å². The highest BCUT2D eigenvalue weighted by Gasteiger charge is 2.35. The quantitative estimate of drug-likeness (QED) is 0.869. The molecule has 7 heteroatoms. The van der Waals surface area contributed by atoms with Gasteiger partial charge in [-0.2, -0.15) is 13.2 Å². The first-order valence-corrected chi connectivity index (χ1v) is 5.92. The Hall–Kier alpha value is -1.43. The number of nitrogens with zero attached hydrogens (tertiary/aromatic N) is 1. The number of amides is 1. The second-order valence-electron chi connectivity index (χ2n) is 4.38. The fraction of sp³-hybridized carbons (Fsp3) is 0.417. The fourth-order valence-electron chi connectivity index (χ4n) is 1.54. The highest BCUT2D eigenvalue weighted by Crippen LogP contribution is 2.24. The van der Waals surface area contributed by atoms with Crippen LogP contribution in [0, 0.1) is 0 Å². The zero-order chi connectivity index (χ0) is 14.8. The van der Waals surface area contributed by atoms with E-state index in [4.69, 9.17) is 17.3 Å². The van der Waals surface area contributed by atoms with Gasteiger partial charge in [-0.15, -0.1) is 0 Å². The van der Waals surface area contributed by atoms with Gasteiger partial charge in [0.2, 0.25) is 0 Å². The lowest BCUT2D eigenvalue weighted by Crippen LogP contribution is -2.43. The van der Waals surface area contributed by atoms with E-state index in [0.717, 1.165) is 4.90 Å². The summed E-state index contributed by atoms with van der Waals surface area (Å²) in [5.41, 5.74) is 5.83. The maximum atomic E-state index is 12.5. The van der Waals surface area contributed by atoms with Crippen LogP contribution in [0.4, 0.5) is 18.9 Å². The molecule has 19 heavy (non-hydrogen) atoms. The fourth-order valence-corrected chi connectivity index (χ4v) is 1.81. The van der Waals surface area contributed by atoms with E-state index in [1.54, 1.807) is 0 Å². The number of alkyl halides is 3. The van der Waals surface area contributed by atoms with Gasteiger partial charge < -0.3 is 10.6 Å². The number of halogens is 4. The Morgan fingerprint density at radius 3 is 2.42 bits per heavy atom. The number of hydrogen-bond donors (Lipinski definition) is 1. The van der Waals surface area contributed by atoms with Crippen molar-refractivity contribution in [2.75, 3.05) is 12.3 Å². The lowest BCUT2D eigenvalue weighted by atomic mass is 10.1. The summed E-state index contributed by atoms with van der Waals surface area (Å²) in [6.07, 6.45) is -4.46. The predicted octanol–water partition coefficient (Wildman–Crippen LogP) is 3.34. The van der Waals surface area contributed by atoms with Gasteiger partial charge in [-0.05, 0) is 32.0 Å². The van der Waals surface area contributed by atoms with Gasteiger partial charge in [-0.25, -0.2) is 0 Å². The van der Waals surface area contributed by atoms with Crippen molar-refractivity contribution < 1.29 is 18.0 Å². The average Bonchev–Trinajstić information content (AvgIpc) is 2.23. The molecular weight excluding hydrogens is 281 g/mol. The second-order valence-corrected chi connectivity index (χ2v) is 4.79. The molecule has 3 nitrogen and oxygen atoms in total. The van der Waals surface area contributed by atoms with E-state index in [1.165, 1.54) is 32.0 Å². The smallest absolute Gasteiger partial charge is 0.399 e. The van der Waals surface area contributed by atoms with Crippen LogP contribution in [-0.2, 0) is 0 Å². The monoisotopic (exact) mass is 294 g/mol. The summed E-state index contributed by atoms with van der Waals surface area (Å²) >= 11 is 5.84. The first-order chi connectivity index (χ1) is 8.61. The molecule has 0 atom stereocenters. The Bertz CT molecular complexity index is 475. The third kappa shape index (κ3) is 4.31. The summed E-state index contributed by atoms with van der Waals surface area (Å²) in [4.78, 5) is 12.8. The Balaban J connectivity index is 3.06. The zero-order valence-electron chi connectivity index (χ0n) is 10.5. The summed E-state index contributed by atoms with van der Waals surface area (Å²) in [5, 5.41) is 0.0397. The Kier molecular flexibility index (Phi) is 4.68. The molecule has 0 aliphatic rings. The van der Waals surface area contributed by atoms with Crippen LogP contribution < -0.4 is 5.73 Å². The number of nitrogen functional groups attached to an aromatic ring is 1. The van der Waals surface area contributed by atoms with Gasteiger partial charge >= 0.3 is 6.18 Å². The molecule has 1 rings (SSSR count). The van der Waals surface area contributed by atoms with Gasteiger partial charge in [0, 0.05) is 11.7 Å². The molecule has 106 valence electrons. The van der Waals surface area contributed by atoms with Gasteiger partial charge in [-0.3, -0.25) is 4.79 Å². The summed E-state index contributed by atoms with van der Waals surface area (Å²) in [7, 11) is 0. The minimum Gasteiger partial charge on any atom is -0.399 e. The largest absolute Gasteiger partial charge is 0.406 e. The molecule has 0 unspecified atom stereocenters. The molecule has 1 aromatic carbocycles. The average molecular weight is 295 g/mol. The maximum Gasteiger partial charge on any atom is 0.406 e. The van der Waals surface area contributed by atoms with Crippen molar-refractivity contribution in [3.63, 3.8) is 0 Å². The molecule has 0 spiro atoms. The van der Waals surface area contributed by atoms with Crippen molar-refractivity contribution in [3.8, 4) is 0 Å².